The Balaban J connectivity index is 2.25. The van der Waals surface area contributed by atoms with E-state index in [0.717, 1.165) is 12.1 Å². The van der Waals surface area contributed by atoms with E-state index in [0.29, 0.717) is 5.69 Å². The van der Waals surface area contributed by atoms with Crippen LogP contribution in [0, 0.1) is 11.6 Å². The molecule has 0 radical (unpaired) electrons. The second-order valence-corrected chi connectivity index (χ2v) is 3.65. The zero-order chi connectivity index (χ0) is 13.8. The maximum Gasteiger partial charge on any atom is 0.255 e. The first-order chi connectivity index (χ1) is 9.11. The highest BCUT2D eigenvalue weighted by Gasteiger charge is 2.14. The van der Waals surface area contributed by atoms with Crippen molar-refractivity contribution >= 4 is 17.3 Å². The summed E-state index contributed by atoms with van der Waals surface area (Å²) in [6.45, 7) is 0. The molecule has 1 aromatic heterocycles. The third-order valence-electron chi connectivity index (χ3n) is 2.37. The number of hydrogen-bond acceptors (Lipinski definition) is 4. The van der Waals surface area contributed by atoms with Gasteiger partial charge in [-0.05, 0) is 12.1 Å². The quantitative estimate of drug-likeness (QED) is 0.890. The summed E-state index contributed by atoms with van der Waals surface area (Å²) in [6.07, 6.45) is 4.05. The van der Waals surface area contributed by atoms with Crippen LogP contribution in [0.3, 0.4) is 0 Å². The molecular formula is C12H10F2N4O. The molecule has 0 aliphatic rings. The normalized spacial score (nSPS) is 10.1. The first-order valence-corrected chi connectivity index (χ1v) is 5.35. The van der Waals surface area contributed by atoms with Crippen molar-refractivity contribution in [1.29, 1.82) is 0 Å². The Hall–Kier alpha value is -2.57. The third-order valence-corrected chi connectivity index (χ3v) is 2.37. The van der Waals surface area contributed by atoms with Gasteiger partial charge in [-0.1, -0.05) is 0 Å². The number of nitrogens with zero attached hydrogens (tertiary/aromatic N) is 2. The lowest BCUT2D eigenvalue weighted by Crippen LogP contribution is -2.13. The minimum Gasteiger partial charge on any atom is -0.383 e. The molecule has 2 rings (SSSR count). The number of nitrogens with one attached hydrogen (secondary N) is 2. The van der Waals surface area contributed by atoms with E-state index in [9.17, 15) is 13.6 Å². The Morgan fingerprint density at radius 3 is 2.26 bits per heavy atom. The monoisotopic (exact) mass is 264 g/mol. The number of carbonyl (C=O) groups is 1. The predicted octanol–water partition coefficient (Wildman–Crippen LogP) is 2.05. The number of anilines is 2. The van der Waals surface area contributed by atoms with Crippen molar-refractivity contribution in [2.45, 2.75) is 0 Å². The molecule has 0 spiro atoms. The molecule has 1 aromatic carbocycles. The number of rotatable bonds is 3. The van der Waals surface area contributed by atoms with Gasteiger partial charge >= 0.3 is 0 Å². The fourth-order valence-corrected chi connectivity index (χ4v) is 1.51. The van der Waals surface area contributed by atoms with Crippen LogP contribution in [-0.4, -0.2) is 22.9 Å². The van der Waals surface area contributed by atoms with E-state index >= 15 is 0 Å². The second kappa shape index (κ2) is 5.38. The summed E-state index contributed by atoms with van der Waals surface area (Å²) in [5.41, 5.74) is -0.0662. The van der Waals surface area contributed by atoms with E-state index in [1.165, 1.54) is 25.8 Å². The second-order valence-electron chi connectivity index (χ2n) is 3.65. The summed E-state index contributed by atoms with van der Waals surface area (Å²) in [4.78, 5) is 19.2. The first-order valence-electron chi connectivity index (χ1n) is 5.35. The van der Waals surface area contributed by atoms with Crippen molar-refractivity contribution in [3.8, 4) is 0 Å². The Bertz CT molecular complexity index is 581. The van der Waals surface area contributed by atoms with Gasteiger partial charge < -0.3 is 10.6 Å². The van der Waals surface area contributed by atoms with Gasteiger partial charge in [-0.2, -0.15) is 0 Å². The van der Waals surface area contributed by atoms with E-state index in [1.807, 2.05) is 0 Å². The molecule has 0 aliphatic heterocycles. The Labute approximate surface area is 107 Å². The average molecular weight is 264 g/mol. The molecule has 1 amide bonds. The van der Waals surface area contributed by atoms with Gasteiger partial charge in [0.1, 0.15) is 23.6 Å². The summed E-state index contributed by atoms with van der Waals surface area (Å²) < 4.78 is 27.0. The maximum absolute atomic E-state index is 13.5. The molecular weight excluding hydrogens is 254 g/mol. The summed E-state index contributed by atoms with van der Waals surface area (Å²) in [7, 11) is 1.39. The van der Waals surface area contributed by atoms with Gasteiger partial charge in [-0.25, -0.2) is 18.7 Å². The molecule has 0 saturated carbocycles. The van der Waals surface area contributed by atoms with Gasteiger partial charge in [0.2, 0.25) is 0 Å². The van der Waals surface area contributed by atoms with Crippen molar-refractivity contribution in [2.24, 2.45) is 0 Å². The highest BCUT2D eigenvalue weighted by Crippen LogP contribution is 2.20. The molecule has 2 N–H and O–H groups in total. The first kappa shape index (κ1) is 12.9. The highest BCUT2D eigenvalue weighted by molar-refractivity contribution is 6.04. The van der Waals surface area contributed by atoms with Crippen molar-refractivity contribution in [1.82, 2.24) is 9.97 Å². The summed E-state index contributed by atoms with van der Waals surface area (Å²) in [6, 6.07) is 1.90. The minimum absolute atomic E-state index is 0.127. The van der Waals surface area contributed by atoms with Crippen molar-refractivity contribution < 1.29 is 13.6 Å². The zero-order valence-electron chi connectivity index (χ0n) is 9.95. The predicted molar refractivity (Wildman–Crippen MR) is 65.9 cm³/mol. The van der Waals surface area contributed by atoms with E-state index in [-0.39, 0.29) is 11.3 Å². The largest absolute Gasteiger partial charge is 0.383 e. The number of carbonyl (C=O) groups excluding carboxylic acids is 1. The number of benzene rings is 1. The molecule has 2 aromatic rings. The topological polar surface area (TPSA) is 66.9 Å². The van der Waals surface area contributed by atoms with Crippen LogP contribution in [0.1, 0.15) is 10.4 Å². The van der Waals surface area contributed by atoms with Crippen LogP contribution in [0.15, 0.2) is 30.9 Å². The molecule has 0 atom stereocenters. The third kappa shape index (κ3) is 2.82. The standard InChI is InChI=1S/C12H10F2N4O/c1-15-11-9(13)2-7(3-10(11)14)12(19)18-8-4-16-6-17-5-8/h2-6,15H,1H3,(H,18,19). The lowest BCUT2D eigenvalue weighted by Gasteiger charge is -2.08. The molecule has 0 fully saturated rings. The fraction of sp³-hybridized carbons (Fsp3) is 0.0833. The van der Waals surface area contributed by atoms with Crippen LogP contribution in [0.5, 0.6) is 0 Å². The number of halogens is 2. The summed E-state index contributed by atoms with van der Waals surface area (Å²) >= 11 is 0. The van der Waals surface area contributed by atoms with E-state index in [2.05, 4.69) is 20.6 Å². The van der Waals surface area contributed by atoms with Crippen LogP contribution in [0.4, 0.5) is 20.2 Å². The lowest BCUT2D eigenvalue weighted by molar-refractivity contribution is 0.102. The van der Waals surface area contributed by atoms with Crippen molar-refractivity contribution in [3.05, 3.63) is 48.1 Å². The van der Waals surface area contributed by atoms with Gasteiger partial charge in [0, 0.05) is 12.6 Å². The summed E-state index contributed by atoms with van der Waals surface area (Å²) in [5.74, 6) is -2.32. The Morgan fingerprint density at radius 1 is 1.16 bits per heavy atom. The van der Waals surface area contributed by atoms with Crippen LogP contribution < -0.4 is 10.6 Å². The molecule has 0 bridgehead atoms. The molecule has 98 valence electrons. The molecule has 7 heteroatoms. The van der Waals surface area contributed by atoms with Crippen LogP contribution in [-0.2, 0) is 0 Å². The number of amides is 1. The minimum atomic E-state index is -0.836. The van der Waals surface area contributed by atoms with E-state index in [1.54, 1.807) is 0 Å². The molecule has 1 heterocycles. The fourth-order valence-electron chi connectivity index (χ4n) is 1.51. The average Bonchev–Trinajstić information content (AvgIpc) is 2.39. The Kier molecular flexibility index (Phi) is 3.65. The highest BCUT2D eigenvalue weighted by atomic mass is 19.1. The van der Waals surface area contributed by atoms with Crippen LogP contribution >= 0.6 is 0 Å². The van der Waals surface area contributed by atoms with Gasteiger partial charge in [0.05, 0.1) is 18.1 Å². The van der Waals surface area contributed by atoms with E-state index < -0.39 is 17.5 Å². The van der Waals surface area contributed by atoms with Crippen molar-refractivity contribution in [3.63, 3.8) is 0 Å². The van der Waals surface area contributed by atoms with Gasteiger partial charge in [0.15, 0.2) is 0 Å². The Morgan fingerprint density at radius 2 is 1.74 bits per heavy atom. The number of hydrogen-bond donors (Lipinski definition) is 2. The van der Waals surface area contributed by atoms with E-state index in [4.69, 9.17) is 0 Å². The summed E-state index contributed by atoms with van der Waals surface area (Å²) in [5, 5.41) is 4.81. The lowest BCUT2D eigenvalue weighted by atomic mass is 10.1. The molecule has 19 heavy (non-hydrogen) atoms. The SMILES string of the molecule is CNc1c(F)cc(C(=O)Nc2cncnc2)cc1F. The van der Waals surface area contributed by atoms with Crippen molar-refractivity contribution in [2.75, 3.05) is 17.7 Å². The molecule has 0 aliphatic carbocycles. The molecule has 0 unspecified atom stereocenters. The molecule has 0 saturated heterocycles. The van der Waals surface area contributed by atoms with Gasteiger partial charge in [-0.15, -0.1) is 0 Å². The maximum atomic E-state index is 13.5. The van der Waals surface area contributed by atoms with Gasteiger partial charge in [0.25, 0.3) is 5.91 Å². The number of aromatic nitrogens is 2. The van der Waals surface area contributed by atoms with Crippen LogP contribution in [0.2, 0.25) is 0 Å². The van der Waals surface area contributed by atoms with Crippen LogP contribution in [0.25, 0.3) is 0 Å². The van der Waals surface area contributed by atoms with Gasteiger partial charge in [-0.3, -0.25) is 4.79 Å². The smallest absolute Gasteiger partial charge is 0.255 e. The zero-order valence-corrected chi connectivity index (χ0v) is 9.95. The molecule has 5 nitrogen and oxygen atoms in total.